The zero-order chi connectivity index (χ0) is 21.9. The van der Waals surface area contributed by atoms with Crippen molar-refractivity contribution in [2.24, 2.45) is 0 Å². The molecule has 0 aliphatic heterocycles. The third-order valence-corrected chi connectivity index (χ3v) is 4.36. The quantitative estimate of drug-likeness (QED) is 0.205. The molecule has 9 N–H and O–H groups in total. The van der Waals surface area contributed by atoms with Crippen LogP contribution in [0.15, 0.2) is 33.5 Å². The van der Waals surface area contributed by atoms with Crippen LogP contribution < -0.4 is 5.43 Å². The number of aromatic hydroxyl groups is 5. The summed E-state index contributed by atoms with van der Waals surface area (Å²) >= 11 is 0. The maximum atomic E-state index is 12.6. The van der Waals surface area contributed by atoms with Gasteiger partial charge in [-0.05, 0) is 25.1 Å². The number of hydrogen-bond donors (Lipinski definition) is 9. The standard InChI is InChI=1S/C18H16O11/c1-17(25,26)18(27,28)12-9(21)5-10-11(13(12)22)14(23)15(24)16(29-10)6-2-3-7(19)8(20)4-6/h2-5,19-22,24-28H,1H3. The lowest BCUT2D eigenvalue weighted by Gasteiger charge is -2.33. The van der Waals surface area contributed by atoms with Crippen LogP contribution in [0.1, 0.15) is 12.5 Å². The van der Waals surface area contributed by atoms with Gasteiger partial charge in [0.25, 0.3) is 5.79 Å². The molecule has 0 aliphatic rings. The maximum absolute atomic E-state index is 12.6. The van der Waals surface area contributed by atoms with E-state index in [1.807, 2.05) is 0 Å². The van der Waals surface area contributed by atoms with E-state index in [9.17, 15) is 50.8 Å². The van der Waals surface area contributed by atoms with E-state index in [1.165, 1.54) is 6.07 Å². The topological polar surface area (TPSA) is 212 Å². The molecule has 0 saturated carbocycles. The molecule has 0 fully saturated rings. The highest BCUT2D eigenvalue weighted by molar-refractivity contribution is 5.90. The molecule has 11 nitrogen and oxygen atoms in total. The summed E-state index contributed by atoms with van der Waals surface area (Å²) in [6.45, 7) is 0.552. The SMILES string of the molecule is CC(O)(O)C(O)(O)c1c(O)cc2oc(-c3ccc(O)c(O)c3)c(O)c(=O)c2c1O. The molecule has 0 unspecified atom stereocenters. The summed E-state index contributed by atoms with van der Waals surface area (Å²) in [5.41, 5.74) is -3.03. The van der Waals surface area contributed by atoms with Gasteiger partial charge in [-0.15, -0.1) is 0 Å². The minimum absolute atomic E-state index is 0.0446. The van der Waals surface area contributed by atoms with Gasteiger partial charge in [0, 0.05) is 11.6 Å². The Morgan fingerprint density at radius 1 is 0.828 bits per heavy atom. The smallest absolute Gasteiger partial charge is 0.252 e. The van der Waals surface area contributed by atoms with Crippen molar-refractivity contribution >= 4 is 11.0 Å². The Balaban J connectivity index is 2.38. The summed E-state index contributed by atoms with van der Waals surface area (Å²) in [5, 5.41) is 87.8. The van der Waals surface area contributed by atoms with Gasteiger partial charge in [-0.3, -0.25) is 4.79 Å². The summed E-state index contributed by atoms with van der Waals surface area (Å²) in [4.78, 5) is 12.6. The maximum Gasteiger partial charge on any atom is 0.252 e. The monoisotopic (exact) mass is 408 g/mol. The average Bonchev–Trinajstić information content (AvgIpc) is 2.59. The molecule has 0 amide bonds. The third-order valence-electron chi connectivity index (χ3n) is 4.36. The predicted molar refractivity (Wildman–Crippen MR) is 95.2 cm³/mol. The van der Waals surface area contributed by atoms with Crippen molar-refractivity contribution in [3.05, 3.63) is 40.1 Å². The number of phenols is 4. The summed E-state index contributed by atoms with van der Waals surface area (Å²) < 4.78 is 5.32. The molecule has 11 heteroatoms. The van der Waals surface area contributed by atoms with Gasteiger partial charge in [0.15, 0.2) is 17.3 Å². The van der Waals surface area contributed by atoms with Gasteiger partial charge in [-0.2, -0.15) is 0 Å². The molecule has 154 valence electrons. The minimum Gasteiger partial charge on any atom is -0.507 e. The van der Waals surface area contributed by atoms with Crippen LogP contribution >= 0.6 is 0 Å². The number of hydrogen-bond acceptors (Lipinski definition) is 11. The minimum atomic E-state index is -3.61. The van der Waals surface area contributed by atoms with Crippen LogP contribution in [-0.4, -0.2) is 51.7 Å². The van der Waals surface area contributed by atoms with Crippen LogP contribution in [0, 0.1) is 0 Å². The fraction of sp³-hybridized carbons (Fsp3) is 0.167. The van der Waals surface area contributed by atoms with Crippen LogP contribution in [0.25, 0.3) is 22.3 Å². The molecule has 0 radical (unpaired) electrons. The van der Waals surface area contributed by atoms with Crippen LogP contribution in [0.5, 0.6) is 28.7 Å². The van der Waals surface area contributed by atoms with E-state index in [2.05, 4.69) is 0 Å². The van der Waals surface area contributed by atoms with Gasteiger partial charge in [-0.25, -0.2) is 0 Å². The summed E-state index contributed by atoms with van der Waals surface area (Å²) in [5.74, 6) is -11.8. The third kappa shape index (κ3) is 2.98. The highest BCUT2D eigenvalue weighted by Crippen LogP contribution is 2.45. The van der Waals surface area contributed by atoms with Crippen LogP contribution in [0.3, 0.4) is 0 Å². The molecule has 0 saturated heterocycles. The summed E-state index contributed by atoms with van der Waals surface area (Å²) in [7, 11) is 0. The largest absolute Gasteiger partial charge is 0.507 e. The molecule has 0 aliphatic carbocycles. The molecule has 29 heavy (non-hydrogen) atoms. The Labute approximate surface area is 160 Å². The van der Waals surface area contributed by atoms with E-state index in [1.54, 1.807) is 0 Å². The van der Waals surface area contributed by atoms with Crippen LogP contribution in [0.2, 0.25) is 0 Å². The Bertz CT molecular complexity index is 1190. The molecular formula is C18H16O11. The van der Waals surface area contributed by atoms with E-state index in [-0.39, 0.29) is 5.56 Å². The van der Waals surface area contributed by atoms with Crippen molar-refractivity contribution in [1.82, 2.24) is 0 Å². The van der Waals surface area contributed by atoms with Gasteiger partial charge in [0.2, 0.25) is 17.0 Å². The van der Waals surface area contributed by atoms with E-state index in [0.717, 1.165) is 12.1 Å². The zero-order valence-electron chi connectivity index (χ0n) is 14.7. The number of fused-ring (bicyclic) bond motifs is 1. The first-order valence-corrected chi connectivity index (χ1v) is 7.94. The first-order valence-electron chi connectivity index (χ1n) is 7.94. The Hall–Kier alpha value is -3.51. The lowest BCUT2D eigenvalue weighted by molar-refractivity contribution is -0.358. The molecule has 3 aromatic rings. The zero-order valence-corrected chi connectivity index (χ0v) is 14.7. The van der Waals surface area contributed by atoms with Crippen molar-refractivity contribution in [3.8, 4) is 40.1 Å². The second-order valence-electron chi connectivity index (χ2n) is 6.50. The normalized spacial score (nSPS) is 12.4. The van der Waals surface area contributed by atoms with Crippen molar-refractivity contribution in [1.29, 1.82) is 0 Å². The molecule has 1 aromatic heterocycles. The van der Waals surface area contributed by atoms with Crippen molar-refractivity contribution in [3.63, 3.8) is 0 Å². The van der Waals surface area contributed by atoms with Crippen molar-refractivity contribution in [2.75, 3.05) is 0 Å². The van der Waals surface area contributed by atoms with Gasteiger partial charge in [0.1, 0.15) is 28.0 Å². The Morgan fingerprint density at radius 2 is 1.45 bits per heavy atom. The first kappa shape index (κ1) is 20.2. The van der Waals surface area contributed by atoms with Crippen LogP contribution in [-0.2, 0) is 5.79 Å². The van der Waals surface area contributed by atoms with Crippen molar-refractivity contribution in [2.45, 2.75) is 18.5 Å². The van der Waals surface area contributed by atoms with Crippen molar-refractivity contribution < 1.29 is 50.4 Å². The number of rotatable bonds is 3. The molecule has 3 rings (SSSR count). The summed E-state index contributed by atoms with van der Waals surface area (Å²) in [6, 6.07) is 3.91. The lowest BCUT2D eigenvalue weighted by atomic mass is 9.94. The molecule has 1 heterocycles. The Kier molecular flexibility index (Phi) is 4.36. The highest BCUT2D eigenvalue weighted by atomic mass is 16.6. The van der Waals surface area contributed by atoms with E-state index in [0.29, 0.717) is 13.0 Å². The number of benzene rings is 2. The van der Waals surface area contributed by atoms with E-state index >= 15 is 0 Å². The van der Waals surface area contributed by atoms with Crippen LogP contribution in [0.4, 0.5) is 0 Å². The highest BCUT2D eigenvalue weighted by Gasteiger charge is 2.49. The number of phenolic OH excluding ortho intramolecular Hbond substituents is 4. The van der Waals surface area contributed by atoms with E-state index < -0.39 is 68.0 Å². The second-order valence-corrected chi connectivity index (χ2v) is 6.50. The fourth-order valence-corrected chi connectivity index (χ4v) is 2.75. The summed E-state index contributed by atoms with van der Waals surface area (Å²) in [6.07, 6.45) is 0. The second kappa shape index (κ2) is 6.25. The fourth-order valence-electron chi connectivity index (χ4n) is 2.75. The molecule has 0 bridgehead atoms. The molecular weight excluding hydrogens is 392 g/mol. The van der Waals surface area contributed by atoms with Gasteiger partial charge < -0.3 is 50.4 Å². The Morgan fingerprint density at radius 3 is 2.00 bits per heavy atom. The molecule has 0 atom stereocenters. The first-order chi connectivity index (χ1) is 13.3. The number of aliphatic hydroxyl groups is 4. The molecule has 2 aromatic carbocycles. The average molecular weight is 408 g/mol. The predicted octanol–water partition coefficient (Wildman–Crippen LogP) is -0.174. The van der Waals surface area contributed by atoms with Gasteiger partial charge >= 0.3 is 0 Å². The van der Waals surface area contributed by atoms with Gasteiger partial charge in [0.05, 0.1) is 0 Å². The van der Waals surface area contributed by atoms with E-state index in [4.69, 9.17) is 4.42 Å². The lowest BCUT2D eigenvalue weighted by Crippen LogP contribution is -2.49. The molecule has 0 spiro atoms. The van der Waals surface area contributed by atoms with Gasteiger partial charge in [-0.1, -0.05) is 0 Å².